The SMILES string of the molecule is CCc1cnc(NC(=O)CN2CC3CC(C2)c2cccc(=O)n2C3)s1. The average molecular weight is 358 g/mol. The van der Waals surface area contributed by atoms with Crippen molar-refractivity contribution in [1.29, 1.82) is 0 Å². The molecule has 2 bridgehead atoms. The van der Waals surface area contributed by atoms with Gasteiger partial charge in [0.05, 0.1) is 6.54 Å². The van der Waals surface area contributed by atoms with Crippen molar-refractivity contribution in [1.82, 2.24) is 14.5 Å². The van der Waals surface area contributed by atoms with Crippen LogP contribution in [0.1, 0.15) is 29.8 Å². The summed E-state index contributed by atoms with van der Waals surface area (Å²) in [5.74, 6) is 0.758. The average Bonchev–Trinajstić information content (AvgIpc) is 3.03. The predicted octanol–water partition coefficient (Wildman–Crippen LogP) is 1.93. The molecule has 1 fully saturated rings. The summed E-state index contributed by atoms with van der Waals surface area (Å²) in [4.78, 5) is 32.0. The van der Waals surface area contributed by atoms with Gasteiger partial charge in [0.1, 0.15) is 0 Å². The van der Waals surface area contributed by atoms with Crippen molar-refractivity contribution < 1.29 is 4.79 Å². The Hall–Kier alpha value is -1.99. The molecular weight excluding hydrogens is 336 g/mol. The number of thiazole rings is 1. The minimum Gasteiger partial charge on any atom is -0.312 e. The topological polar surface area (TPSA) is 67.2 Å². The summed E-state index contributed by atoms with van der Waals surface area (Å²) < 4.78 is 1.91. The van der Waals surface area contributed by atoms with Gasteiger partial charge in [0.15, 0.2) is 5.13 Å². The van der Waals surface area contributed by atoms with Crippen LogP contribution in [0.4, 0.5) is 5.13 Å². The van der Waals surface area contributed by atoms with E-state index in [4.69, 9.17) is 0 Å². The molecule has 1 N–H and O–H groups in total. The molecule has 1 amide bonds. The molecule has 0 aliphatic carbocycles. The van der Waals surface area contributed by atoms with Crippen molar-refractivity contribution in [2.24, 2.45) is 5.92 Å². The first-order chi connectivity index (χ1) is 12.1. The summed E-state index contributed by atoms with van der Waals surface area (Å²) in [6, 6.07) is 5.52. The molecule has 2 aromatic heterocycles. The van der Waals surface area contributed by atoms with Gasteiger partial charge in [-0.15, -0.1) is 11.3 Å². The van der Waals surface area contributed by atoms with Crippen LogP contribution in [0, 0.1) is 5.92 Å². The van der Waals surface area contributed by atoms with Crippen LogP contribution in [0.25, 0.3) is 0 Å². The number of nitrogens with one attached hydrogen (secondary N) is 1. The highest BCUT2D eigenvalue weighted by atomic mass is 32.1. The second-order valence-electron chi connectivity index (χ2n) is 6.93. The lowest BCUT2D eigenvalue weighted by molar-refractivity contribution is -0.117. The van der Waals surface area contributed by atoms with E-state index in [9.17, 15) is 9.59 Å². The second-order valence-corrected chi connectivity index (χ2v) is 8.04. The molecule has 0 aromatic carbocycles. The van der Waals surface area contributed by atoms with Gasteiger partial charge < -0.3 is 9.88 Å². The monoisotopic (exact) mass is 358 g/mol. The number of likely N-dealkylation sites (tertiary alicyclic amines) is 1. The first kappa shape index (κ1) is 16.5. The maximum Gasteiger partial charge on any atom is 0.250 e. The fourth-order valence-electron chi connectivity index (χ4n) is 4.02. The predicted molar refractivity (Wildman–Crippen MR) is 98.1 cm³/mol. The van der Waals surface area contributed by atoms with Crippen molar-refractivity contribution in [3.8, 4) is 0 Å². The van der Waals surface area contributed by atoms with Gasteiger partial charge >= 0.3 is 0 Å². The van der Waals surface area contributed by atoms with E-state index < -0.39 is 0 Å². The lowest BCUT2D eigenvalue weighted by Gasteiger charge is -2.42. The Morgan fingerprint density at radius 1 is 1.36 bits per heavy atom. The maximum atomic E-state index is 12.4. The minimum absolute atomic E-state index is 0.0116. The standard InChI is InChI=1S/C18H22N4O2S/c1-2-14-7-19-18(25-14)20-16(23)11-21-8-12-6-13(10-21)15-4-3-5-17(24)22(15)9-12/h3-5,7,12-13H,2,6,8-11H2,1H3,(H,19,20,23). The molecule has 4 rings (SSSR count). The van der Waals surface area contributed by atoms with Crippen LogP contribution in [0.2, 0.25) is 0 Å². The van der Waals surface area contributed by atoms with Gasteiger partial charge in [0.2, 0.25) is 5.91 Å². The summed E-state index contributed by atoms with van der Waals surface area (Å²) in [5, 5.41) is 3.59. The Balaban J connectivity index is 1.42. The van der Waals surface area contributed by atoms with Crippen molar-refractivity contribution in [3.05, 3.63) is 45.3 Å². The third kappa shape index (κ3) is 3.39. The normalized spacial score (nSPS) is 22.4. The number of amides is 1. The highest BCUT2D eigenvalue weighted by Crippen LogP contribution is 2.34. The quantitative estimate of drug-likeness (QED) is 0.907. The van der Waals surface area contributed by atoms with Crippen LogP contribution >= 0.6 is 11.3 Å². The number of pyridine rings is 1. The molecule has 0 saturated carbocycles. The number of aryl methyl sites for hydroxylation is 1. The summed E-state index contributed by atoms with van der Waals surface area (Å²) in [7, 11) is 0. The number of piperidine rings is 1. The Kier molecular flexibility index (Phi) is 4.43. The van der Waals surface area contributed by atoms with Gasteiger partial charge in [-0.25, -0.2) is 4.98 Å². The fraction of sp³-hybridized carbons (Fsp3) is 0.500. The number of fused-ring (bicyclic) bond motifs is 4. The summed E-state index contributed by atoms with van der Waals surface area (Å²) in [6.07, 6.45) is 3.86. The minimum atomic E-state index is -0.0116. The number of carbonyl (C=O) groups excluding carboxylic acids is 1. The van der Waals surface area contributed by atoms with E-state index in [-0.39, 0.29) is 11.5 Å². The van der Waals surface area contributed by atoms with E-state index in [0.717, 1.165) is 38.2 Å². The zero-order chi connectivity index (χ0) is 17.4. The molecular formula is C18H22N4O2S. The largest absolute Gasteiger partial charge is 0.312 e. The molecule has 4 heterocycles. The van der Waals surface area contributed by atoms with Crippen molar-refractivity contribution in [2.75, 3.05) is 25.0 Å². The summed E-state index contributed by atoms with van der Waals surface area (Å²) >= 11 is 1.53. The number of rotatable bonds is 4. The van der Waals surface area contributed by atoms with E-state index in [0.29, 0.717) is 23.5 Å². The Labute approximate surface area is 150 Å². The van der Waals surface area contributed by atoms with Gasteiger partial charge in [-0.2, -0.15) is 0 Å². The molecule has 2 unspecified atom stereocenters. The number of anilines is 1. The van der Waals surface area contributed by atoms with Crippen LogP contribution in [0.15, 0.2) is 29.2 Å². The second kappa shape index (κ2) is 6.72. The molecule has 0 spiro atoms. The zero-order valence-electron chi connectivity index (χ0n) is 14.3. The van der Waals surface area contributed by atoms with Crippen molar-refractivity contribution >= 4 is 22.4 Å². The third-order valence-electron chi connectivity index (χ3n) is 5.07. The number of aromatic nitrogens is 2. The van der Waals surface area contributed by atoms with Gasteiger partial charge in [-0.3, -0.25) is 14.5 Å². The van der Waals surface area contributed by atoms with Crippen LogP contribution in [-0.2, 0) is 17.8 Å². The van der Waals surface area contributed by atoms with E-state index in [1.807, 2.05) is 22.9 Å². The highest BCUT2D eigenvalue weighted by molar-refractivity contribution is 7.15. The smallest absolute Gasteiger partial charge is 0.250 e. The van der Waals surface area contributed by atoms with Crippen molar-refractivity contribution in [3.63, 3.8) is 0 Å². The van der Waals surface area contributed by atoms with Crippen LogP contribution < -0.4 is 10.9 Å². The third-order valence-corrected chi connectivity index (χ3v) is 6.13. The Morgan fingerprint density at radius 2 is 2.24 bits per heavy atom. The molecule has 1 saturated heterocycles. The molecule has 2 aliphatic rings. The van der Waals surface area contributed by atoms with E-state index >= 15 is 0 Å². The molecule has 7 heteroatoms. The fourth-order valence-corrected chi connectivity index (χ4v) is 4.78. The van der Waals surface area contributed by atoms with Gasteiger partial charge in [0, 0.05) is 48.4 Å². The number of hydrogen-bond acceptors (Lipinski definition) is 5. The van der Waals surface area contributed by atoms with Crippen LogP contribution in [0.3, 0.4) is 0 Å². The number of nitrogens with zero attached hydrogens (tertiary/aromatic N) is 3. The molecule has 6 nitrogen and oxygen atoms in total. The molecule has 0 radical (unpaired) electrons. The molecule has 2 atom stereocenters. The van der Waals surface area contributed by atoms with Crippen LogP contribution in [0.5, 0.6) is 0 Å². The van der Waals surface area contributed by atoms with Gasteiger partial charge in [-0.05, 0) is 24.8 Å². The summed E-state index contributed by atoms with van der Waals surface area (Å²) in [5.41, 5.74) is 1.20. The zero-order valence-corrected chi connectivity index (χ0v) is 15.1. The van der Waals surface area contributed by atoms with E-state index in [1.165, 1.54) is 16.2 Å². The first-order valence-corrected chi connectivity index (χ1v) is 9.60. The lowest BCUT2D eigenvalue weighted by atomic mass is 9.83. The Bertz CT molecular complexity index is 844. The lowest BCUT2D eigenvalue weighted by Crippen LogP contribution is -2.49. The van der Waals surface area contributed by atoms with E-state index in [1.54, 1.807) is 6.07 Å². The van der Waals surface area contributed by atoms with Gasteiger partial charge in [-0.1, -0.05) is 13.0 Å². The number of hydrogen-bond donors (Lipinski definition) is 1. The highest BCUT2D eigenvalue weighted by Gasteiger charge is 2.34. The molecule has 25 heavy (non-hydrogen) atoms. The number of carbonyl (C=O) groups is 1. The molecule has 2 aromatic rings. The van der Waals surface area contributed by atoms with Crippen molar-refractivity contribution in [2.45, 2.75) is 32.2 Å². The van der Waals surface area contributed by atoms with Gasteiger partial charge in [0.25, 0.3) is 5.56 Å². The summed E-state index contributed by atoms with van der Waals surface area (Å²) in [6.45, 7) is 4.91. The van der Waals surface area contributed by atoms with E-state index in [2.05, 4.69) is 22.1 Å². The maximum absolute atomic E-state index is 12.4. The molecule has 2 aliphatic heterocycles. The first-order valence-electron chi connectivity index (χ1n) is 8.79. The molecule has 132 valence electrons. The Morgan fingerprint density at radius 3 is 3.04 bits per heavy atom. The van der Waals surface area contributed by atoms with Crippen LogP contribution in [-0.4, -0.2) is 40.0 Å².